The minimum atomic E-state index is -3.87. The molecule has 1 heterocycles. The Hall–Kier alpha value is -1.76. The maximum absolute atomic E-state index is 14.0. The molecule has 4 nitrogen and oxygen atoms in total. The summed E-state index contributed by atoms with van der Waals surface area (Å²) < 4.78 is 40.9. The van der Waals surface area contributed by atoms with Crippen LogP contribution in [0.2, 0.25) is 0 Å². The van der Waals surface area contributed by atoms with Gasteiger partial charge >= 0.3 is 0 Å². The van der Waals surface area contributed by atoms with Crippen molar-refractivity contribution in [1.82, 2.24) is 10.0 Å². The first-order chi connectivity index (χ1) is 10.5. The van der Waals surface area contributed by atoms with E-state index in [1.807, 2.05) is 18.2 Å². The molecule has 0 atom stereocenters. The Kier molecular flexibility index (Phi) is 3.99. The molecule has 116 valence electrons. The molecule has 0 bridgehead atoms. The van der Waals surface area contributed by atoms with Crippen molar-refractivity contribution >= 4 is 10.0 Å². The third-order valence-corrected chi connectivity index (χ3v) is 5.23. The molecule has 2 aromatic rings. The third kappa shape index (κ3) is 2.90. The van der Waals surface area contributed by atoms with Gasteiger partial charge in [-0.1, -0.05) is 30.3 Å². The molecule has 0 radical (unpaired) electrons. The van der Waals surface area contributed by atoms with Gasteiger partial charge in [0, 0.05) is 19.6 Å². The highest BCUT2D eigenvalue weighted by Crippen LogP contribution is 2.19. The van der Waals surface area contributed by atoms with Crippen LogP contribution in [0.15, 0.2) is 41.3 Å². The van der Waals surface area contributed by atoms with Crippen LogP contribution in [0, 0.1) is 12.7 Å². The summed E-state index contributed by atoms with van der Waals surface area (Å²) in [5.41, 5.74) is 3.58. The summed E-state index contributed by atoms with van der Waals surface area (Å²) in [6.07, 6.45) is 0. The fraction of sp³-hybridized carbons (Fsp3) is 0.250. The minimum absolute atomic E-state index is 0.142. The standard InChI is InChI=1S/C16H17FN2O2S/c1-11-3-2-4-15(16(11)17)22(20,21)19-8-12-5-6-13-9-18-10-14(13)7-12/h2-7,18-19H,8-10H2,1H3. The summed E-state index contributed by atoms with van der Waals surface area (Å²) in [6, 6.07) is 10.2. The van der Waals surface area contributed by atoms with E-state index in [1.165, 1.54) is 23.3 Å². The third-order valence-electron chi connectivity index (χ3n) is 3.81. The predicted octanol–water partition coefficient (Wildman–Crippen LogP) is 2.22. The van der Waals surface area contributed by atoms with Gasteiger partial charge in [-0.25, -0.2) is 17.5 Å². The zero-order chi connectivity index (χ0) is 15.7. The van der Waals surface area contributed by atoms with Crippen LogP contribution in [-0.4, -0.2) is 8.42 Å². The molecule has 1 aliphatic rings. The molecule has 0 aliphatic carbocycles. The number of fused-ring (bicyclic) bond motifs is 1. The van der Waals surface area contributed by atoms with E-state index in [0.29, 0.717) is 5.56 Å². The highest BCUT2D eigenvalue weighted by atomic mass is 32.2. The number of rotatable bonds is 4. The number of nitrogens with one attached hydrogen (secondary N) is 2. The molecule has 22 heavy (non-hydrogen) atoms. The quantitative estimate of drug-likeness (QED) is 0.908. The Balaban J connectivity index is 1.79. The maximum Gasteiger partial charge on any atom is 0.243 e. The van der Waals surface area contributed by atoms with Crippen LogP contribution in [-0.2, 0) is 29.7 Å². The Bertz CT molecular complexity index is 819. The molecule has 0 amide bonds. The number of hydrogen-bond donors (Lipinski definition) is 2. The summed E-state index contributed by atoms with van der Waals surface area (Å²) in [4.78, 5) is -0.310. The van der Waals surface area contributed by atoms with Gasteiger partial charge in [0.2, 0.25) is 10.0 Å². The fourth-order valence-electron chi connectivity index (χ4n) is 2.54. The second kappa shape index (κ2) is 5.79. The van der Waals surface area contributed by atoms with E-state index in [2.05, 4.69) is 10.0 Å². The van der Waals surface area contributed by atoms with Crippen LogP contribution in [0.1, 0.15) is 22.3 Å². The van der Waals surface area contributed by atoms with Gasteiger partial charge in [-0.2, -0.15) is 0 Å². The molecule has 6 heteroatoms. The highest BCUT2D eigenvalue weighted by Gasteiger charge is 2.20. The van der Waals surface area contributed by atoms with Crippen molar-refractivity contribution in [2.45, 2.75) is 31.5 Å². The second-order valence-electron chi connectivity index (χ2n) is 5.42. The van der Waals surface area contributed by atoms with E-state index >= 15 is 0 Å². The first-order valence-electron chi connectivity index (χ1n) is 7.03. The molecule has 0 aromatic heterocycles. The number of hydrogen-bond acceptors (Lipinski definition) is 3. The molecule has 1 aliphatic heterocycles. The number of halogens is 1. The van der Waals surface area contributed by atoms with Crippen LogP contribution in [0.5, 0.6) is 0 Å². The zero-order valence-corrected chi connectivity index (χ0v) is 13.0. The van der Waals surface area contributed by atoms with E-state index in [-0.39, 0.29) is 11.4 Å². The molecular weight excluding hydrogens is 303 g/mol. The van der Waals surface area contributed by atoms with Crippen molar-refractivity contribution in [1.29, 1.82) is 0 Å². The van der Waals surface area contributed by atoms with Gasteiger partial charge in [-0.05, 0) is 35.2 Å². The topological polar surface area (TPSA) is 58.2 Å². The predicted molar refractivity (Wildman–Crippen MR) is 82.1 cm³/mol. The Labute approximate surface area is 129 Å². The average Bonchev–Trinajstić information content (AvgIpc) is 2.95. The van der Waals surface area contributed by atoms with Crippen molar-refractivity contribution in [3.63, 3.8) is 0 Å². The van der Waals surface area contributed by atoms with Crippen LogP contribution >= 0.6 is 0 Å². The van der Waals surface area contributed by atoms with Crippen LogP contribution in [0.4, 0.5) is 4.39 Å². The zero-order valence-electron chi connectivity index (χ0n) is 12.2. The second-order valence-corrected chi connectivity index (χ2v) is 7.15. The van der Waals surface area contributed by atoms with Crippen molar-refractivity contribution in [2.75, 3.05) is 0 Å². The number of sulfonamides is 1. The van der Waals surface area contributed by atoms with Crippen LogP contribution in [0.25, 0.3) is 0 Å². The van der Waals surface area contributed by atoms with Crippen LogP contribution in [0.3, 0.4) is 0 Å². The summed E-state index contributed by atoms with van der Waals surface area (Å²) in [5.74, 6) is -0.701. The fourth-order valence-corrected chi connectivity index (χ4v) is 3.71. The Morgan fingerprint density at radius 2 is 1.95 bits per heavy atom. The van der Waals surface area contributed by atoms with Gasteiger partial charge in [0.05, 0.1) is 0 Å². The molecule has 0 unspecified atom stereocenters. The summed E-state index contributed by atoms with van der Waals surface area (Å²) in [6.45, 7) is 3.32. The first-order valence-corrected chi connectivity index (χ1v) is 8.52. The molecule has 3 rings (SSSR count). The summed E-state index contributed by atoms with van der Waals surface area (Å²) in [7, 11) is -3.87. The lowest BCUT2D eigenvalue weighted by Crippen LogP contribution is -2.24. The maximum atomic E-state index is 14.0. The van der Waals surface area contributed by atoms with E-state index in [9.17, 15) is 12.8 Å². The van der Waals surface area contributed by atoms with Crippen molar-refractivity contribution in [2.24, 2.45) is 0 Å². The molecule has 0 spiro atoms. The molecule has 0 fully saturated rings. The number of benzene rings is 2. The highest BCUT2D eigenvalue weighted by molar-refractivity contribution is 7.89. The summed E-state index contributed by atoms with van der Waals surface area (Å²) in [5, 5.41) is 3.24. The van der Waals surface area contributed by atoms with Gasteiger partial charge in [0.1, 0.15) is 10.7 Å². The minimum Gasteiger partial charge on any atom is -0.309 e. The van der Waals surface area contributed by atoms with Crippen molar-refractivity contribution < 1.29 is 12.8 Å². The lowest BCUT2D eigenvalue weighted by atomic mass is 10.1. The molecule has 2 aromatic carbocycles. The molecular formula is C16H17FN2O2S. The van der Waals surface area contributed by atoms with Gasteiger partial charge in [0.15, 0.2) is 0 Å². The van der Waals surface area contributed by atoms with Gasteiger partial charge in [-0.3, -0.25) is 0 Å². The largest absolute Gasteiger partial charge is 0.309 e. The van der Waals surface area contributed by atoms with Gasteiger partial charge in [0.25, 0.3) is 0 Å². The Morgan fingerprint density at radius 1 is 1.18 bits per heavy atom. The SMILES string of the molecule is Cc1cccc(S(=O)(=O)NCc2ccc3c(c2)CNC3)c1F. The Morgan fingerprint density at radius 3 is 2.77 bits per heavy atom. The van der Waals surface area contributed by atoms with Crippen molar-refractivity contribution in [3.05, 3.63) is 64.5 Å². The normalized spacial score (nSPS) is 14.1. The van der Waals surface area contributed by atoms with Crippen LogP contribution < -0.4 is 10.0 Å². The van der Waals surface area contributed by atoms with E-state index in [0.717, 1.165) is 18.7 Å². The average molecular weight is 320 g/mol. The number of aryl methyl sites for hydroxylation is 1. The lowest BCUT2D eigenvalue weighted by molar-refractivity contribution is 0.553. The van der Waals surface area contributed by atoms with E-state index < -0.39 is 15.8 Å². The smallest absolute Gasteiger partial charge is 0.243 e. The van der Waals surface area contributed by atoms with Gasteiger partial charge in [-0.15, -0.1) is 0 Å². The van der Waals surface area contributed by atoms with Crippen molar-refractivity contribution in [3.8, 4) is 0 Å². The monoisotopic (exact) mass is 320 g/mol. The van der Waals surface area contributed by atoms with Gasteiger partial charge < -0.3 is 5.32 Å². The van der Waals surface area contributed by atoms with E-state index in [4.69, 9.17) is 0 Å². The first kappa shape index (κ1) is 15.1. The summed E-state index contributed by atoms with van der Waals surface area (Å²) >= 11 is 0. The molecule has 0 saturated heterocycles. The molecule has 2 N–H and O–H groups in total. The lowest BCUT2D eigenvalue weighted by Gasteiger charge is -2.10. The van der Waals surface area contributed by atoms with E-state index in [1.54, 1.807) is 13.0 Å². The molecule has 0 saturated carbocycles.